The van der Waals surface area contributed by atoms with E-state index in [0.29, 0.717) is 18.0 Å². The van der Waals surface area contributed by atoms with E-state index in [1.54, 1.807) is 0 Å². The zero-order valence-corrected chi connectivity index (χ0v) is 28.0. The van der Waals surface area contributed by atoms with E-state index in [2.05, 4.69) is 167 Å². The van der Waals surface area contributed by atoms with E-state index >= 15 is 0 Å². The normalized spacial score (nSPS) is 11.3. The first-order chi connectivity index (χ1) is 25.2. The first-order valence-corrected chi connectivity index (χ1v) is 17.2. The molecule has 0 atom stereocenters. The van der Waals surface area contributed by atoms with Crippen LogP contribution in [0, 0.1) is 0 Å². The van der Waals surface area contributed by atoms with Crippen molar-refractivity contribution in [1.29, 1.82) is 0 Å². The second-order valence-corrected chi connectivity index (χ2v) is 12.8. The van der Waals surface area contributed by atoms with Gasteiger partial charge in [-0.25, -0.2) is 0 Å². The molecule has 0 bridgehead atoms. The second-order valence-electron chi connectivity index (χ2n) is 12.8. The summed E-state index contributed by atoms with van der Waals surface area (Å²) in [6.45, 7) is 0.419. The highest BCUT2D eigenvalue weighted by Gasteiger charge is 2.16. The Kier molecular flexibility index (Phi) is 7.67. The number of nitrogens with two attached hydrogens (primary N) is 1. The van der Waals surface area contributed by atoms with E-state index in [9.17, 15) is 0 Å². The molecule has 0 aliphatic carbocycles. The first-order valence-electron chi connectivity index (χ1n) is 17.2. The lowest BCUT2D eigenvalue weighted by Crippen LogP contribution is -2.10. The smallest absolute Gasteiger partial charge is 0.143 e. The van der Waals surface area contributed by atoms with Crippen LogP contribution in [0.5, 0.6) is 5.75 Å². The lowest BCUT2D eigenvalue weighted by molar-refractivity contribution is 0.308. The Labute approximate surface area is 297 Å². The third-order valence-electron chi connectivity index (χ3n) is 9.70. The molecule has 0 spiro atoms. The molecule has 244 valence electrons. The van der Waals surface area contributed by atoms with Crippen LogP contribution >= 0.6 is 0 Å². The fraction of sp³-hybridized carbons (Fsp3) is 0.0213. The average Bonchev–Trinajstić information content (AvgIpc) is 3.54. The van der Waals surface area contributed by atoms with Crippen LogP contribution in [0.25, 0.3) is 49.4 Å². The molecule has 1 aromatic heterocycles. The number of hydrogen-bond donors (Lipinski definition) is 1. The Balaban J connectivity index is 1.06. The highest BCUT2D eigenvalue weighted by atomic mass is 16.5. The summed E-state index contributed by atoms with van der Waals surface area (Å²) in [5, 5.41) is 4.62. The summed E-state index contributed by atoms with van der Waals surface area (Å²) in [6, 6.07) is 66.1. The van der Waals surface area contributed by atoms with Crippen LogP contribution in [0.2, 0.25) is 0 Å². The van der Waals surface area contributed by atoms with E-state index < -0.39 is 0 Å². The van der Waals surface area contributed by atoms with Crippen LogP contribution in [0.15, 0.2) is 188 Å². The van der Waals surface area contributed by atoms with Crippen molar-refractivity contribution in [2.75, 3.05) is 10.6 Å². The van der Waals surface area contributed by atoms with Gasteiger partial charge < -0.3 is 19.9 Å². The quantitative estimate of drug-likeness (QED) is 0.165. The summed E-state index contributed by atoms with van der Waals surface area (Å²) in [7, 11) is 0. The predicted molar refractivity (Wildman–Crippen MR) is 214 cm³/mol. The molecule has 0 saturated heterocycles. The number of fused-ring (bicyclic) bond motifs is 4. The van der Waals surface area contributed by atoms with Gasteiger partial charge in [-0.2, -0.15) is 0 Å². The van der Waals surface area contributed by atoms with Crippen molar-refractivity contribution in [3.8, 4) is 22.6 Å². The van der Waals surface area contributed by atoms with Gasteiger partial charge in [-0.3, -0.25) is 0 Å². The van der Waals surface area contributed by atoms with Crippen molar-refractivity contribution >= 4 is 55.3 Å². The van der Waals surface area contributed by atoms with Gasteiger partial charge >= 0.3 is 0 Å². The standard InChI is InChI=1S/C47H35N3O/c48-47-41-13-5-4-12-36(41)22-31-46(47)51-32-33-18-23-37(24-19-33)49(38-25-20-35(21-26-38)34-10-2-1-3-11-34)39-27-29-40(30-28-39)50-44-16-8-6-14-42(44)43-15-7-9-17-45(43)50/h1-31H,32,48H2. The molecule has 4 heteroatoms. The molecule has 4 nitrogen and oxygen atoms in total. The number of benzene rings is 8. The molecule has 9 aromatic rings. The molecule has 1 heterocycles. The van der Waals surface area contributed by atoms with Crippen molar-refractivity contribution in [3.63, 3.8) is 0 Å². The van der Waals surface area contributed by atoms with Crippen molar-refractivity contribution in [1.82, 2.24) is 4.57 Å². The Hall–Kier alpha value is -6.78. The van der Waals surface area contributed by atoms with Crippen molar-refractivity contribution in [2.24, 2.45) is 0 Å². The van der Waals surface area contributed by atoms with E-state index in [1.807, 2.05) is 30.3 Å². The number of ether oxygens (including phenoxy) is 1. The summed E-state index contributed by atoms with van der Waals surface area (Å²) in [5.74, 6) is 0.696. The van der Waals surface area contributed by atoms with Crippen molar-refractivity contribution in [3.05, 3.63) is 194 Å². The maximum Gasteiger partial charge on any atom is 0.143 e. The summed E-state index contributed by atoms with van der Waals surface area (Å²) in [5.41, 5.74) is 17.3. The SMILES string of the molecule is Nc1c(OCc2ccc(N(c3ccc(-c4ccccc4)cc3)c3ccc(-n4c5ccccc5c5ccccc54)cc3)cc2)ccc2ccccc12. The highest BCUT2D eigenvalue weighted by Crippen LogP contribution is 2.38. The molecule has 0 amide bonds. The van der Waals surface area contributed by atoms with Crippen LogP contribution < -0.4 is 15.4 Å². The fourth-order valence-electron chi connectivity index (χ4n) is 7.14. The van der Waals surface area contributed by atoms with Crippen LogP contribution in [-0.4, -0.2) is 4.57 Å². The topological polar surface area (TPSA) is 43.4 Å². The van der Waals surface area contributed by atoms with Gasteiger partial charge in [-0.1, -0.05) is 121 Å². The molecule has 0 radical (unpaired) electrons. The molecular formula is C47H35N3O. The minimum Gasteiger partial charge on any atom is -0.487 e. The summed E-state index contributed by atoms with van der Waals surface area (Å²) in [6.07, 6.45) is 0. The maximum atomic E-state index is 6.49. The van der Waals surface area contributed by atoms with E-state index in [4.69, 9.17) is 10.5 Å². The molecule has 0 aliphatic heterocycles. The van der Waals surface area contributed by atoms with Gasteiger partial charge in [0.25, 0.3) is 0 Å². The van der Waals surface area contributed by atoms with E-state index in [1.165, 1.54) is 32.9 Å². The number of para-hydroxylation sites is 2. The van der Waals surface area contributed by atoms with Crippen LogP contribution in [0.1, 0.15) is 5.56 Å². The van der Waals surface area contributed by atoms with Crippen LogP contribution in [0.4, 0.5) is 22.7 Å². The number of nitrogen functional groups attached to an aromatic ring is 1. The van der Waals surface area contributed by atoms with Gasteiger partial charge in [-0.15, -0.1) is 0 Å². The largest absolute Gasteiger partial charge is 0.487 e. The maximum absolute atomic E-state index is 6.49. The number of rotatable bonds is 8. The Morgan fingerprint density at radius 3 is 1.61 bits per heavy atom. The molecule has 8 aromatic carbocycles. The van der Waals surface area contributed by atoms with Gasteiger partial charge in [0.15, 0.2) is 0 Å². The monoisotopic (exact) mass is 657 g/mol. The summed E-state index contributed by atoms with van der Waals surface area (Å²) < 4.78 is 8.58. The predicted octanol–water partition coefficient (Wildman–Crippen LogP) is 12.2. The van der Waals surface area contributed by atoms with Gasteiger partial charge in [0, 0.05) is 38.9 Å². The zero-order chi connectivity index (χ0) is 34.1. The lowest BCUT2D eigenvalue weighted by atomic mass is 10.0. The molecule has 0 saturated carbocycles. The van der Waals surface area contributed by atoms with E-state index in [0.717, 1.165) is 39.1 Å². The first kappa shape index (κ1) is 30.3. The molecule has 0 fully saturated rings. The minimum absolute atomic E-state index is 0.419. The molecule has 0 aliphatic rings. The van der Waals surface area contributed by atoms with Gasteiger partial charge in [0.1, 0.15) is 12.4 Å². The van der Waals surface area contributed by atoms with Crippen LogP contribution in [0.3, 0.4) is 0 Å². The number of hydrogen-bond acceptors (Lipinski definition) is 3. The minimum atomic E-state index is 0.419. The lowest BCUT2D eigenvalue weighted by Gasteiger charge is -2.26. The molecule has 9 rings (SSSR count). The van der Waals surface area contributed by atoms with E-state index in [-0.39, 0.29) is 0 Å². The van der Waals surface area contributed by atoms with Crippen molar-refractivity contribution < 1.29 is 4.74 Å². The summed E-state index contributed by atoms with van der Waals surface area (Å²) in [4.78, 5) is 2.30. The summed E-state index contributed by atoms with van der Waals surface area (Å²) >= 11 is 0. The fourth-order valence-corrected chi connectivity index (χ4v) is 7.14. The third kappa shape index (κ3) is 5.63. The Morgan fingerprint density at radius 1 is 0.451 bits per heavy atom. The van der Waals surface area contributed by atoms with Gasteiger partial charge in [0.2, 0.25) is 0 Å². The van der Waals surface area contributed by atoms with Gasteiger partial charge in [-0.05, 0) is 88.8 Å². The van der Waals surface area contributed by atoms with Crippen molar-refractivity contribution in [2.45, 2.75) is 6.61 Å². The highest BCUT2D eigenvalue weighted by molar-refractivity contribution is 6.09. The average molecular weight is 658 g/mol. The number of aromatic nitrogens is 1. The molecule has 2 N–H and O–H groups in total. The number of anilines is 4. The zero-order valence-electron chi connectivity index (χ0n) is 28.0. The Bertz CT molecular complexity index is 2570. The molecular weight excluding hydrogens is 623 g/mol. The Morgan fingerprint density at radius 2 is 0.961 bits per heavy atom. The molecule has 0 unspecified atom stereocenters. The molecule has 51 heavy (non-hydrogen) atoms. The van der Waals surface area contributed by atoms with Gasteiger partial charge in [0.05, 0.1) is 16.7 Å². The van der Waals surface area contributed by atoms with Crippen LogP contribution in [-0.2, 0) is 6.61 Å². The second kappa shape index (κ2) is 12.9. The number of nitrogens with zero attached hydrogens (tertiary/aromatic N) is 2. The third-order valence-corrected chi connectivity index (χ3v) is 9.70.